The summed E-state index contributed by atoms with van der Waals surface area (Å²) in [5.41, 5.74) is 3.98. The van der Waals surface area contributed by atoms with Gasteiger partial charge in [0.05, 0.1) is 48.8 Å². The Bertz CT molecular complexity index is 5330. The third-order valence-electron chi connectivity index (χ3n) is 30.2. The number of piperazine rings is 4. The number of nitrogens with one attached hydrogen (secondary N) is 8. The molecule has 14 heterocycles. The van der Waals surface area contributed by atoms with E-state index in [1.165, 1.54) is 24.3 Å². The van der Waals surface area contributed by atoms with Crippen molar-refractivity contribution >= 4 is 93.3 Å². The molecule has 718 valence electrons. The van der Waals surface area contributed by atoms with Crippen molar-refractivity contribution in [3.63, 3.8) is 0 Å². The zero-order valence-electron chi connectivity index (χ0n) is 77.4. The number of rotatable bonds is 32. The van der Waals surface area contributed by atoms with E-state index in [0.717, 1.165) is 170 Å². The summed E-state index contributed by atoms with van der Waals surface area (Å²) in [7, 11) is 0. The number of carbonyl (C=O) groups excluding carboxylic acids is 8. The lowest BCUT2D eigenvalue weighted by Crippen LogP contribution is -2.66. The van der Waals surface area contributed by atoms with Gasteiger partial charge in [0.1, 0.15) is 70.8 Å². The Balaban J connectivity index is 0.445. The Morgan fingerprint density at radius 3 is 1.41 bits per heavy atom. The number of nitrogens with zero attached hydrogens (tertiary/aromatic N) is 16. The van der Waals surface area contributed by atoms with Crippen molar-refractivity contribution in [3.8, 4) is 0 Å². The minimum absolute atomic E-state index is 0.0611. The molecule has 2 atom stereocenters. The molecule has 2 spiro atoms. The molecule has 0 radical (unpaired) electrons. The number of likely N-dealkylation sites (tertiary alicyclic amines) is 2. The average molecular weight is 1850 g/mol. The highest BCUT2D eigenvalue weighted by Gasteiger charge is 2.47. The van der Waals surface area contributed by atoms with E-state index in [4.69, 9.17) is 14.7 Å². The molecular formula is C97H128F4N24O9. The number of piperidine rings is 6. The molecule has 33 nitrogen and oxygen atoms in total. The summed E-state index contributed by atoms with van der Waals surface area (Å²) >= 11 is 0. The van der Waals surface area contributed by atoms with Gasteiger partial charge in [-0.3, -0.25) is 73.5 Å². The Morgan fingerprint density at radius 1 is 0.433 bits per heavy atom. The third kappa shape index (κ3) is 21.9. The van der Waals surface area contributed by atoms with Crippen LogP contribution >= 0.6 is 0 Å². The predicted molar refractivity (Wildman–Crippen MR) is 501 cm³/mol. The van der Waals surface area contributed by atoms with Gasteiger partial charge in [-0.05, 0) is 151 Å². The second-order valence-electron chi connectivity index (χ2n) is 40.1. The molecule has 0 aliphatic carbocycles. The average Bonchev–Trinajstić information content (AvgIpc) is 1.04. The molecule has 10 fully saturated rings. The normalized spacial score (nSPS) is 22.6. The molecule has 2 unspecified atom stereocenters. The van der Waals surface area contributed by atoms with Crippen LogP contribution in [0.4, 0.5) is 63.6 Å². The SMILES string of the molecule is CC1(C)CCN(Cc2cc(F)c(N3CC(=O)NC4(CCN(c5cc(NCCOCCN6CCN(CCNc7cccc8c7CN(C7CCC(=O)NC7=O)C8=O)CC6)nc(CC6(C)CCN(Cc7cc(F)c(N8CC(=O)NC9(CCN(c%10cc(NCCCN%11CCN(CCNc%12cccc%13c%12CN(C%12CCC(=O)NC%12=O)C%13=O)CC%11)ncn%10)CC9)C8)cc7F)CC6)n5)CC4)C3)cc2F)CC1. The maximum atomic E-state index is 16.7. The number of carbonyl (C=O) groups is 8. The van der Waals surface area contributed by atoms with Crippen LogP contribution < -0.4 is 62.1 Å². The van der Waals surface area contributed by atoms with Crippen LogP contribution in [0.1, 0.15) is 153 Å². The molecular weight excluding hydrogens is 1720 g/mol. The minimum atomic E-state index is -0.700. The zero-order chi connectivity index (χ0) is 93.0. The van der Waals surface area contributed by atoms with E-state index in [2.05, 4.69) is 112 Å². The van der Waals surface area contributed by atoms with Gasteiger partial charge in [-0.2, -0.15) is 0 Å². The second kappa shape index (κ2) is 40.5. The third-order valence-corrected chi connectivity index (χ3v) is 30.2. The van der Waals surface area contributed by atoms with Gasteiger partial charge in [0, 0.05) is 252 Å². The summed E-state index contributed by atoms with van der Waals surface area (Å²) in [6, 6.07) is 19.0. The van der Waals surface area contributed by atoms with Gasteiger partial charge >= 0.3 is 0 Å². The lowest BCUT2D eigenvalue weighted by Gasteiger charge is -2.48. The van der Waals surface area contributed by atoms with Crippen molar-refractivity contribution in [2.75, 3.05) is 237 Å². The largest absolute Gasteiger partial charge is 0.383 e. The molecule has 0 saturated carbocycles. The first-order valence-electron chi connectivity index (χ1n) is 48.4. The van der Waals surface area contributed by atoms with Crippen LogP contribution in [-0.4, -0.2) is 326 Å². The smallest absolute Gasteiger partial charge is 0.255 e. The first kappa shape index (κ1) is 93.4. The van der Waals surface area contributed by atoms with Crippen molar-refractivity contribution in [1.82, 2.24) is 80.4 Å². The molecule has 37 heteroatoms. The van der Waals surface area contributed by atoms with Gasteiger partial charge in [0.15, 0.2) is 0 Å². The minimum Gasteiger partial charge on any atom is -0.383 e. The van der Waals surface area contributed by atoms with E-state index in [0.29, 0.717) is 178 Å². The predicted octanol–water partition coefficient (Wildman–Crippen LogP) is 6.45. The van der Waals surface area contributed by atoms with E-state index in [1.54, 1.807) is 38.1 Å². The van der Waals surface area contributed by atoms with Crippen LogP contribution in [0.5, 0.6) is 0 Å². The number of hydrogen-bond donors (Lipinski definition) is 8. The van der Waals surface area contributed by atoms with Crippen LogP contribution in [0.2, 0.25) is 0 Å². The first-order chi connectivity index (χ1) is 64.7. The number of aromatic nitrogens is 4. The summed E-state index contributed by atoms with van der Waals surface area (Å²) in [4.78, 5) is 148. The fraction of sp³-hybridized carbons (Fsp3) is 0.588. The van der Waals surface area contributed by atoms with Crippen molar-refractivity contribution in [1.29, 1.82) is 0 Å². The summed E-state index contributed by atoms with van der Waals surface area (Å²) in [6.45, 7) is 27.6. The molecule has 18 rings (SSSR count). The summed E-state index contributed by atoms with van der Waals surface area (Å²) in [5, 5.41) is 25.4. The monoisotopic (exact) mass is 1850 g/mol. The van der Waals surface area contributed by atoms with Gasteiger partial charge in [-0.1, -0.05) is 32.9 Å². The number of imide groups is 2. The highest BCUT2D eigenvalue weighted by molar-refractivity contribution is 6.07. The summed E-state index contributed by atoms with van der Waals surface area (Å²) < 4.78 is 71.8. The van der Waals surface area contributed by atoms with Crippen LogP contribution in [0.25, 0.3) is 0 Å². The van der Waals surface area contributed by atoms with Crippen molar-refractivity contribution in [3.05, 3.63) is 142 Å². The quantitative estimate of drug-likeness (QED) is 0.0128. The zero-order valence-corrected chi connectivity index (χ0v) is 77.4. The maximum absolute atomic E-state index is 16.7. The molecule has 0 bridgehead atoms. The van der Waals surface area contributed by atoms with Crippen LogP contribution in [0, 0.1) is 34.1 Å². The van der Waals surface area contributed by atoms with Gasteiger partial charge in [-0.25, -0.2) is 37.5 Å². The molecule has 4 aromatic carbocycles. The van der Waals surface area contributed by atoms with E-state index < -0.39 is 58.2 Å². The fourth-order valence-corrected chi connectivity index (χ4v) is 21.8. The van der Waals surface area contributed by atoms with Crippen LogP contribution in [-0.2, 0) is 66.1 Å². The molecule has 12 aliphatic rings. The lowest BCUT2D eigenvalue weighted by molar-refractivity contribution is -0.138. The van der Waals surface area contributed by atoms with E-state index in [9.17, 15) is 38.4 Å². The lowest BCUT2D eigenvalue weighted by atomic mass is 9.77. The number of benzene rings is 4. The second-order valence-corrected chi connectivity index (χ2v) is 40.1. The van der Waals surface area contributed by atoms with Gasteiger partial charge in [-0.15, -0.1) is 0 Å². The Morgan fingerprint density at radius 2 is 0.903 bits per heavy atom. The topological polar surface area (TPSA) is 332 Å². The molecule has 2 aromatic heterocycles. The fourth-order valence-electron chi connectivity index (χ4n) is 21.8. The highest BCUT2D eigenvalue weighted by atomic mass is 19.1. The van der Waals surface area contributed by atoms with Crippen molar-refractivity contribution in [2.45, 2.75) is 160 Å². The summed E-state index contributed by atoms with van der Waals surface area (Å²) in [5.74, 6) is -0.965. The number of anilines is 8. The van der Waals surface area contributed by atoms with E-state index in [1.807, 2.05) is 36.4 Å². The van der Waals surface area contributed by atoms with Gasteiger partial charge < -0.3 is 70.9 Å². The number of fused-ring (bicyclic) bond motifs is 2. The Kier molecular flexibility index (Phi) is 28.3. The van der Waals surface area contributed by atoms with Crippen LogP contribution in [0.3, 0.4) is 0 Å². The Hall–Kier alpha value is -11.0. The Labute approximate surface area is 780 Å². The highest BCUT2D eigenvalue weighted by Crippen LogP contribution is 2.42. The van der Waals surface area contributed by atoms with Gasteiger partial charge in [0.25, 0.3) is 11.8 Å². The first-order valence-corrected chi connectivity index (χ1v) is 48.4. The van der Waals surface area contributed by atoms with Crippen LogP contribution in [0.15, 0.2) is 79.1 Å². The summed E-state index contributed by atoms with van der Waals surface area (Å²) in [6.07, 6.45) is 9.71. The molecule has 134 heavy (non-hydrogen) atoms. The number of amides is 8. The maximum Gasteiger partial charge on any atom is 0.255 e. The molecule has 6 aromatic rings. The standard InChI is InChI=1S/C97H128F4N24O9/c1-94(2)15-28-118(29-16-94)56-65-49-73(100)79(51-71(65)98)123-61-89(129)113-97(63-123)21-34-121(35-22-97)85-54-82(105-26-47-134-48-46-117-44-42-116(43-45-117)37-25-103-76-10-5-8-68-70(76)59-125(93(68)133)78-12-14-87(127)111-91(78)131)108-83(109-85)55-95(3)17-30-119(31-18-95)57-66-50-74(101)80(52-72(66)99)122-60-88(128)112-96(62-122)19-32-120(33-20-96)84-53-81(106-64-107-84)104-23-6-27-114-38-40-115(41-39-114)36-24-102-75-9-4-7-67-69(75)58-124(92(67)132)77-11-13-86(126)110-90(77)130/h4-5,7-10,49-54,64,77-78,102-103H,6,11-48,55-63H2,1-3H3,(H,112,128)(H,113,129)(H,104,106,107)(H,105,108,109)(H,110,126,130)(H,111,127,131). The van der Waals surface area contributed by atoms with E-state index >= 15 is 17.6 Å². The molecule has 8 N–H and O–H groups in total. The van der Waals surface area contributed by atoms with Crippen molar-refractivity contribution < 1.29 is 60.7 Å². The van der Waals surface area contributed by atoms with Gasteiger partial charge in [0.2, 0.25) is 35.4 Å². The molecule has 12 aliphatic heterocycles. The molecule has 10 saturated heterocycles. The van der Waals surface area contributed by atoms with E-state index in [-0.39, 0.29) is 95.7 Å². The number of ether oxygens (including phenoxy) is 1. The molecule has 8 amide bonds. The number of hydrogen-bond acceptors (Lipinski definition) is 27. The number of halogens is 4. The van der Waals surface area contributed by atoms with Crippen molar-refractivity contribution in [2.24, 2.45) is 10.8 Å².